The number of nitrogens with zero attached hydrogens (tertiary/aromatic N) is 1. The molecule has 0 spiro atoms. The van der Waals surface area contributed by atoms with Crippen LogP contribution in [0.15, 0.2) is 66.2 Å². The third-order valence-electron chi connectivity index (χ3n) is 5.56. The summed E-state index contributed by atoms with van der Waals surface area (Å²) in [7, 11) is 0. The predicted octanol–water partition coefficient (Wildman–Crippen LogP) is 3.02. The molecule has 8 heteroatoms. The van der Waals surface area contributed by atoms with E-state index in [2.05, 4.69) is 0 Å². The van der Waals surface area contributed by atoms with E-state index in [0.29, 0.717) is 11.3 Å². The molecule has 0 aromatic heterocycles. The molecular formula is C25H23NO7. The molecule has 2 heterocycles. The van der Waals surface area contributed by atoms with E-state index in [4.69, 9.17) is 14.2 Å². The second-order valence-corrected chi connectivity index (χ2v) is 7.96. The number of anilines is 1. The van der Waals surface area contributed by atoms with E-state index < -0.39 is 35.0 Å². The van der Waals surface area contributed by atoms with Crippen LogP contribution in [0.2, 0.25) is 0 Å². The average Bonchev–Trinajstić information content (AvgIpc) is 3.01. The monoisotopic (exact) mass is 449 g/mol. The van der Waals surface area contributed by atoms with E-state index in [0.717, 1.165) is 4.90 Å². The number of ether oxygens (including phenoxy) is 3. The first-order valence-electron chi connectivity index (χ1n) is 10.5. The molecule has 2 aromatic carbocycles. The summed E-state index contributed by atoms with van der Waals surface area (Å²) in [6.07, 6.45) is -0.323. The summed E-state index contributed by atoms with van der Waals surface area (Å²) >= 11 is 0. The van der Waals surface area contributed by atoms with E-state index in [9.17, 15) is 19.2 Å². The van der Waals surface area contributed by atoms with Gasteiger partial charge in [0.05, 0.1) is 18.6 Å². The average molecular weight is 449 g/mol. The first kappa shape index (κ1) is 22.3. The highest BCUT2D eigenvalue weighted by Gasteiger charge is 2.68. The fourth-order valence-electron chi connectivity index (χ4n) is 4.49. The number of amides is 1. The number of carbonyl (C=O) groups excluding carboxylic acids is 4. The van der Waals surface area contributed by atoms with Gasteiger partial charge in [0, 0.05) is 25.1 Å². The van der Waals surface area contributed by atoms with Gasteiger partial charge in [-0.1, -0.05) is 48.5 Å². The number of esters is 2. The highest BCUT2D eigenvalue weighted by Crippen LogP contribution is 2.51. The van der Waals surface area contributed by atoms with Crippen LogP contribution in [0.25, 0.3) is 5.76 Å². The van der Waals surface area contributed by atoms with E-state index >= 15 is 0 Å². The van der Waals surface area contributed by atoms with Crippen molar-refractivity contribution in [3.63, 3.8) is 0 Å². The lowest BCUT2D eigenvalue weighted by Crippen LogP contribution is -2.61. The van der Waals surface area contributed by atoms with Gasteiger partial charge in [-0.05, 0) is 19.1 Å². The molecule has 2 atom stereocenters. The molecule has 33 heavy (non-hydrogen) atoms. The van der Waals surface area contributed by atoms with E-state index in [1.54, 1.807) is 67.6 Å². The molecule has 0 N–H and O–H groups in total. The van der Waals surface area contributed by atoms with Gasteiger partial charge in [-0.15, -0.1) is 0 Å². The van der Waals surface area contributed by atoms with Gasteiger partial charge in [-0.25, -0.2) is 4.79 Å². The van der Waals surface area contributed by atoms with Crippen molar-refractivity contribution in [3.8, 4) is 0 Å². The lowest BCUT2D eigenvalue weighted by molar-refractivity contribution is -0.210. The number of hydrogen-bond donors (Lipinski definition) is 0. The van der Waals surface area contributed by atoms with E-state index in [1.807, 2.05) is 0 Å². The molecule has 170 valence electrons. The van der Waals surface area contributed by atoms with Crippen molar-refractivity contribution in [2.45, 2.75) is 38.5 Å². The standard InChI is InChI=1S/C25H23NO7/c1-4-31-23(30)25-15-24(3,32-16(2)27)33-21(17-11-7-5-8-12-17)19(25)20(28)22(29)26(25)18-13-9-6-10-14-18/h5-14H,4,15H2,1-3H3/t24-,25-/m1/s1. The van der Waals surface area contributed by atoms with Crippen LogP contribution in [0, 0.1) is 0 Å². The predicted molar refractivity (Wildman–Crippen MR) is 118 cm³/mol. The van der Waals surface area contributed by atoms with Gasteiger partial charge in [0.15, 0.2) is 5.54 Å². The maximum Gasteiger partial charge on any atom is 0.337 e. The quantitative estimate of drug-likeness (QED) is 0.511. The van der Waals surface area contributed by atoms with Crippen molar-refractivity contribution in [2.75, 3.05) is 11.5 Å². The van der Waals surface area contributed by atoms with Crippen molar-refractivity contribution in [1.82, 2.24) is 0 Å². The Morgan fingerprint density at radius 2 is 1.64 bits per heavy atom. The van der Waals surface area contributed by atoms with Crippen molar-refractivity contribution in [2.24, 2.45) is 0 Å². The van der Waals surface area contributed by atoms with E-state index in [-0.39, 0.29) is 24.4 Å². The Labute approximate surface area is 190 Å². The Balaban J connectivity index is 2.07. The molecule has 2 aromatic rings. The van der Waals surface area contributed by atoms with Crippen LogP contribution in [-0.2, 0) is 33.4 Å². The summed E-state index contributed by atoms with van der Waals surface area (Å²) in [5.74, 6) is -4.89. The number of Topliss-reactive ketones (excluding diaryl/α,β-unsaturated/α-hetero) is 1. The van der Waals surface area contributed by atoms with Crippen molar-refractivity contribution >= 4 is 35.1 Å². The number of benzene rings is 2. The lowest BCUT2D eigenvalue weighted by Gasteiger charge is -2.45. The number of ketones is 1. The molecule has 4 rings (SSSR count). The van der Waals surface area contributed by atoms with Crippen LogP contribution in [0.3, 0.4) is 0 Å². The van der Waals surface area contributed by atoms with Gasteiger partial charge in [0.1, 0.15) is 5.76 Å². The zero-order valence-corrected chi connectivity index (χ0v) is 18.5. The number of rotatable bonds is 5. The number of hydrogen-bond acceptors (Lipinski definition) is 7. The van der Waals surface area contributed by atoms with E-state index in [1.165, 1.54) is 13.8 Å². The second kappa shape index (κ2) is 8.20. The topological polar surface area (TPSA) is 99.2 Å². The maximum atomic E-state index is 13.6. The molecule has 1 amide bonds. The lowest BCUT2D eigenvalue weighted by atomic mass is 9.79. The molecule has 1 saturated heterocycles. The van der Waals surface area contributed by atoms with Gasteiger partial charge < -0.3 is 14.2 Å². The molecule has 1 fully saturated rings. The van der Waals surface area contributed by atoms with Crippen LogP contribution >= 0.6 is 0 Å². The van der Waals surface area contributed by atoms with Crippen molar-refractivity contribution in [3.05, 3.63) is 71.8 Å². The molecule has 0 unspecified atom stereocenters. The van der Waals surface area contributed by atoms with Crippen LogP contribution in [0.1, 0.15) is 32.8 Å². The Morgan fingerprint density at radius 1 is 1.03 bits per heavy atom. The highest BCUT2D eigenvalue weighted by atomic mass is 16.7. The second-order valence-electron chi connectivity index (χ2n) is 7.96. The largest absolute Gasteiger partial charge is 0.464 e. The van der Waals surface area contributed by atoms with Crippen LogP contribution in [0.5, 0.6) is 0 Å². The van der Waals surface area contributed by atoms with Gasteiger partial charge in [0.2, 0.25) is 0 Å². The zero-order valence-electron chi connectivity index (χ0n) is 18.5. The van der Waals surface area contributed by atoms with Crippen molar-refractivity contribution in [1.29, 1.82) is 0 Å². The van der Waals surface area contributed by atoms with Crippen molar-refractivity contribution < 1.29 is 33.4 Å². The Bertz CT molecular complexity index is 1160. The SMILES string of the molecule is CCOC(=O)[C@@]12C[C@](C)(OC(C)=O)OC(c3ccccc3)=C1C(=O)C(=O)N2c1ccccc1. The number of fused-ring (bicyclic) bond motifs is 1. The third kappa shape index (κ3) is 3.57. The van der Waals surface area contributed by atoms with Crippen LogP contribution in [-0.4, -0.2) is 41.6 Å². The first-order valence-corrected chi connectivity index (χ1v) is 10.5. The third-order valence-corrected chi connectivity index (χ3v) is 5.56. The minimum Gasteiger partial charge on any atom is -0.464 e. The molecule has 0 radical (unpaired) electrons. The fraction of sp³-hybridized carbons (Fsp3) is 0.280. The Hall–Kier alpha value is -3.94. The number of para-hydroxylation sites is 1. The molecule has 0 aliphatic carbocycles. The van der Waals surface area contributed by atoms with Crippen LogP contribution in [0.4, 0.5) is 5.69 Å². The zero-order chi connectivity index (χ0) is 23.8. The van der Waals surface area contributed by atoms with Crippen LogP contribution < -0.4 is 4.90 Å². The van der Waals surface area contributed by atoms with Gasteiger partial charge in [-0.3, -0.25) is 19.3 Å². The maximum absolute atomic E-state index is 13.6. The number of carbonyl (C=O) groups is 4. The van der Waals surface area contributed by atoms with Gasteiger partial charge >= 0.3 is 17.8 Å². The van der Waals surface area contributed by atoms with Gasteiger partial charge in [0.25, 0.3) is 11.6 Å². The smallest absolute Gasteiger partial charge is 0.337 e. The molecule has 2 aliphatic heterocycles. The molecule has 8 nitrogen and oxygen atoms in total. The van der Waals surface area contributed by atoms with Gasteiger partial charge in [-0.2, -0.15) is 0 Å². The molecule has 0 saturated carbocycles. The summed E-state index contributed by atoms with van der Waals surface area (Å²) in [4.78, 5) is 53.5. The molecular weight excluding hydrogens is 426 g/mol. The summed E-state index contributed by atoms with van der Waals surface area (Å²) < 4.78 is 17.0. The minimum absolute atomic E-state index is 0.00423. The summed E-state index contributed by atoms with van der Waals surface area (Å²) in [6.45, 7) is 4.36. The summed E-state index contributed by atoms with van der Waals surface area (Å²) in [5.41, 5.74) is -1.24. The minimum atomic E-state index is -1.89. The molecule has 2 aliphatic rings. The summed E-state index contributed by atoms with van der Waals surface area (Å²) in [6, 6.07) is 17.0. The first-order chi connectivity index (χ1) is 15.7. The summed E-state index contributed by atoms with van der Waals surface area (Å²) in [5, 5.41) is 0. The Morgan fingerprint density at radius 3 is 2.21 bits per heavy atom. The highest BCUT2D eigenvalue weighted by molar-refractivity contribution is 6.54. The Kier molecular flexibility index (Phi) is 5.53. The normalized spacial score (nSPS) is 24.3. The molecule has 0 bridgehead atoms. The fourth-order valence-corrected chi connectivity index (χ4v) is 4.49.